The molecule has 2 aromatic heterocycles. The van der Waals surface area contributed by atoms with Gasteiger partial charge in [0.25, 0.3) is 0 Å². The smallest absolute Gasteiger partial charge is 0.415 e. The number of benzene rings is 2. The average molecular weight is 840 g/mol. The lowest BCUT2D eigenvalue weighted by atomic mass is 9.90. The number of aromatic nitrogens is 3. The van der Waals surface area contributed by atoms with Gasteiger partial charge in [0.05, 0.1) is 55.5 Å². The number of alkyl carbamates (subject to hydrolysis) is 1. The van der Waals surface area contributed by atoms with E-state index in [2.05, 4.69) is 20.2 Å². The van der Waals surface area contributed by atoms with Gasteiger partial charge < -0.3 is 33.9 Å². The number of nitrogens with one attached hydrogen (secondary N) is 1. The number of pyridine rings is 1. The number of carbonyl (C=O) groups excluding carboxylic acids is 2. The number of halogens is 4. The molecule has 6 bridgehead atoms. The molecule has 322 valence electrons. The molecular formula is C42H49F4N7O7. The zero-order valence-electron chi connectivity index (χ0n) is 33.5. The van der Waals surface area contributed by atoms with E-state index in [9.17, 15) is 14.0 Å². The molecule has 10 rings (SSSR count). The van der Waals surface area contributed by atoms with Crippen molar-refractivity contribution in [2.45, 2.75) is 74.9 Å². The summed E-state index contributed by atoms with van der Waals surface area (Å²) < 4.78 is 92.6. The van der Waals surface area contributed by atoms with Crippen LogP contribution in [0, 0.1) is 11.6 Å². The number of aryl methyl sites for hydroxylation is 1. The molecule has 1 N–H and O–H groups in total. The molecule has 0 aliphatic carbocycles. The Morgan fingerprint density at radius 1 is 1.08 bits per heavy atom. The van der Waals surface area contributed by atoms with E-state index >= 15 is 13.2 Å². The van der Waals surface area contributed by atoms with Crippen molar-refractivity contribution in [2.75, 3.05) is 77.8 Å². The molecule has 14 nitrogen and oxygen atoms in total. The van der Waals surface area contributed by atoms with Gasteiger partial charge in [-0.3, -0.25) is 14.8 Å². The molecular weight excluding hydrogens is 790 g/mol. The van der Waals surface area contributed by atoms with Gasteiger partial charge in [-0.2, -0.15) is 9.97 Å². The average Bonchev–Trinajstić information content (AvgIpc) is 3.74. The Bertz CT molecular complexity index is 2330. The number of hydrogen-bond acceptors (Lipinski definition) is 12. The maximum absolute atomic E-state index is 17.6. The van der Waals surface area contributed by atoms with Crippen LogP contribution in [0.25, 0.3) is 32.9 Å². The molecule has 4 saturated heterocycles. The lowest BCUT2D eigenvalue weighted by Gasteiger charge is -2.42. The molecule has 60 heavy (non-hydrogen) atoms. The summed E-state index contributed by atoms with van der Waals surface area (Å²) in [5.74, 6) is -1.32. The van der Waals surface area contributed by atoms with Gasteiger partial charge in [-0.15, -0.1) is 0 Å². The van der Waals surface area contributed by atoms with Crippen molar-refractivity contribution in [1.82, 2.24) is 30.1 Å². The second kappa shape index (κ2) is 16.1. The molecule has 0 spiro atoms. The Hall–Kier alpha value is -5.07. The SMILES string of the molecule is COC[C@H]1COCCN1C(=O)Oc1cc2c3c(c(F)ccc3c1)CCCOC(=O)N[C@]1(C)C[C@@H](F)CN(C1)c1nc(OC[C@@]34CCCN3C[C@H](F)C4)nc3c(F)c-2ncc13.[HH]. The molecule has 5 atom stereocenters. The first-order chi connectivity index (χ1) is 28.9. The van der Waals surface area contributed by atoms with Crippen molar-refractivity contribution in [1.29, 1.82) is 0 Å². The van der Waals surface area contributed by atoms with E-state index in [0.717, 1.165) is 13.0 Å². The molecule has 6 aliphatic rings. The normalized spacial score (nSPS) is 27.2. The number of carbonyl (C=O) groups is 2. The summed E-state index contributed by atoms with van der Waals surface area (Å²) >= 11 is 0. The Kier molecular flexibility index (Phi) is 10.8. The molecule has 2 aromatic carbocycles. The highest BCUT2D eigenvalue weighted by molar-refractivity contribution is 6.02. The third kappa shape index (κ3) is 7.61. The zero-order chi connectivity index (χ0) is 41.8. The summed E-state index contributed by atoms with van der Waals surface area (Å²) in [4.78, 5) is 45.9. The number of nitrogens with zero attached hydrogens (tertiary/aromatic N) is 6. The van der Waals surface area contributed by atoms with Gasteiger partial charge in [0.1, 0.15) is 47.5 Å². The largest absolute Gasteiger partial charge is 0.461 e. The second-order valence-electron chi connectivity index (χ2n) is 16.8. The molecule has 4 fully saturated rings. The van der Waals surface area contributed by atoms with Gasteiger partial charge in [0.2, 0.25) is 0 Å². The van der Waals surface area contributed by atoms with Gasteiger partial charge in [0.15, 0.2) is 5.82 Å². The maximum atomic E-state index is 17.6. The number of amides is 2. The second-order valence-corrected chi connectivity index (χ2v) is 16.8. The third-order valence-corrected chi connectivity index (χ3v) is 12.4. The van der Waals surface area contributed by atoms with E-state index in [4.69, 9.17) is 28.7 Å². The predicted octanol–water partition coefficient (Wildman–Crippen LogP) is 6.15. The number of methoxy groups -OCH3 is 1. The first-order valence-corrected chi connectivity index (χ1v) is 20.5. The van der Waals surface area contributed by atoms with Crippen LogP contribution in [0.4, 0.5) is 33.0 Å². The van der Waals surface area contributed by atoms with Crippen molar-refractivity contribution in [3.05, 3.63) is 47.7 Å². The van der Waals surface area contributed by atoms with Gasteiger partial charge in [-0.25, -0.2) is 27.2 Å². The number of ether oxygens (including phenoxy) is 5. The van der Waals surface area contributed by atoms with Gasteiger partial charge in [0, 0.05) is 52.8 Å². The van der Waals surface area contributed by atoms with Crippen molar-refractivity contribution in [2.24, 2.45) is 0 Å². The van der Waals surface area contributed by atoms with Crippen LogP contribution in [0.1, 0.15) is 46.0 Å². The lowest BCUT2D eigenvalue weighted by Crippen LogP contribution is -2.60. The molecule has 0 radical (unpaired) electrons. The zero-order valence-corrected chi connectivity index (χ0v) is 33.5. The quantitative estimate of drug-likeness (QED) is 0.223. The number of hydrogen-bond donors (Lipinski definition) is 1. The van der Waals surface area contributed by atoms with E-state index in [0.29, 0.717) is 30.3 Å². The minimum absolute atomic E-state index is 0. The number of rotatable bonds is 6. The van der Waals surface area contributed by atoms with Crippen LogP contribution in [0.15, 0.2) is 30.5 Å². The van der Waals surface area contributed by atoms with Crippen LogP contribution in [0.2, 0.25) is 0 Å². The third-order valence-electron chi connectivity index (χ3n) is 12.4. The summed E-state index contributed by atoms with van der Waals surface area (Å²) in [5, 5.41) is 3.68. The molecule has 2 amide bonds. The Morgan fingerprint density at radius 3 is 2.78 bits per heavy atom. The number of piperidine rings is 1. The van der Waals surface area contributed by atoms with Gasteiger partial charge >= 0.3 is 18.2 Å². The molecule has 18 heteroatoms. The number of anilines is 1. The first-order valence-electron chi connectivity index (χ1n) is 20.5. The van der Waals surface area contributed by atoms with Crippen LogP contribution in [-0.2, 0) is 20.6 Å². The van der Waals surface area contributed by atoms with Crippen LogP contribution < -0.4 is 19.7 Å². The predicted molar refractivity (Wildman–Crippen MR) is 213 cm³/mol. The molecule has 4 aromatic rings. The summed E-state index contributed by atoms with van der Waals surface area (Å²) in [6.45, 7) is 3.60. The topological polar surface area (TPSA) is 141 Å². The van der Waals surface area contributed by atoms with E-state index in [1.807, 2.05) is 0 Å². The van der Waals surface area contributed by atoms with Crippen molar-refractivity contribution in [3.63, 3.8) is 0 Å². The summed E-state index contributed by atoms with van der Waals surface area (Å²) in [6, 6.07) is 5.18. The fourth-order valence-corrected chi connectivity index (χ4v) is 9.82. The van der Waals surface area contributed by atoms with E-state index in [-0.39, 0.29) is 118 Å². The summed E-state index contributed by atoms with van der Waals surface area (Å²) in [5.41, 5.74) is -1.83. The van der Waals surface area contributed by atoms with Crippen LogP contribution in [-0.4, -0.2) is 139 Å². The number of fused-ring (bicyclic) bond motifs is 7. The highest BCUT2D eigenvalue weighted by Gasteiger charge is 2.49. The first kappa shape index (κ1) is 40.3. The highest BCUT2D eigenvalue weighted by Crippen LogP contribution is 2.43. The highest BCUT2D eigenvalue weighted by atomic mass is 19.1. The minimum Gasteiger partial charge on any atom is -0.461 e. The van der Waals surface area contributed by atoms with Crippen LogP contribution >= 0.6 is 0 Å². The fraction of sp³-hybridized carbons (Fsp3) is 0.548. The van der Waals surface area contributed by atoms with Gasteiger partial charge in [-0.1, -0.05) is 6.07 Å². The lowest BCUT2D eigenvalue weighted by molar-refractivity contribution is -0.0241. The monoisotopic (exact) mass is 839 g/mol. The molecule has 8 heterocycles. The number of morpholine rings is 1. The summed E-state index contributed by atoms with van der Waals surface area (Å²) in [6.07, 6.45) is -0.437. The van der Waals surface area contributed by atoms with E-state index in [1.54, 1.807) is 17.9 Å². The van der Waals surface area contributed by atoms with Crippen LogP contribution in [0.5, 0.6) is 11.8 Å². The Labute approximate surface area is 344 Å². The van der Waals surface area contributed by atoms with Crippen molar-refractivity contribution < 1.29 is 52.3 Å². The number of alkyl halides is 2. The Morgan fingerprint density at radius 2 is 1.93 bits per heavy atom. The Balaban J connectivity index is 0.00000514. The molecule has 0 saturated carbocycles. The molecule has 0 unspecified atom stereocenters. The van der Waals surface area contributed by atoms with Crippen molar-refractivity contribution in [3.8, 4) is 23.0 Å². The van der Waals surface area contributed by atoms with Crippen molar-refractivity contribution >= 4 is 39.7 Å². The van der Waals surface area contributed by atoms with Crippen LogP contribution in [0.3, 0.4) is 0 Å². The summed E-state index contributed by atoms with van der Waals surface area (Å²) in [7, 11) is 1.52. The van der Waals surface area contributed by atoms with Gasteiger partial charge in [-0.05, 0) is 73.7 Å². The molecule has 6 aliphatic heterocycles. The standard InChI is InChI=1S/C42H47F4N7O7.H2/c1-41-15-25(43)18-51(22-41)37-31-17-47-35(34(46)36(31)48-38(49-37)59-23-42-8-4-9-52(42)19-26(44)16-42)30-14-28(60-40(55)53-10-12-57-21-27(53)20-56-2)13-24-6-7-32(45)29(33(24)30)5-3-11-58-39(54)50-41;/h6-7,13-14,17,25-27H,3-5,8-12,15-16,18-23H2,1-2H3,(H,50,54);1H/t25-,26-,27+,41-,42+;/m1./s1. The fourth-order valence-electron chi connectivity index (χ4n) is 9.82. The van der Waals surface area contributed by atoms with E-state index < -0.39 is 53.3 Å². The van der Waals surface area contributed by atoms with E-state index in [1.165, 1.54) is 36.4 Å². The minimum atomic E-state index is -1.43. The maximum Gasteiger partial charge on any atom is 0.415 e.